The maximum absolute atomic E-state index is 5.98. The number of para-hydroxylation sites is 1. The number of aromatic nitrogens is 1. The topological polar surface area (TPSA) is 52.0 Å². The van der Waals surface area contributed by atoms with Crippen molar-refractivity contribution < 1.29 is 4.42 Å². The molecule has 0 saturated heterocycles. The van der Waals surface area contributed by atoms with Crippen LogP contribution in [0, 0.1) is 0 Å². The number of hydrogen-bond acceptors (Lipinski definition) is 4. The highest BCUT2D eigenvalue weighted by Crippen LogP contribution is 2.30. The molecule has 3 nitrogen and oxygen atoms in total. The zero-order valence-electron chi connectivity index (χ0n) is 10.3. The Hall–Kier alpha value is -1.36. The second kappa shape index (κ2) is 5.56. The van der Waals surface area contributed by atoms with Crippen molar-refractivity contribution in [2.45, 2.75) is 10.6 Å². The minimum atomic E-state index is 0.540. The molecule has 1 heterocycles. The van der Waals surface area contributed by atoms with Gasteiger partial charge >= 0.3 is 0 Å². The Morgan fingerprint density at radius 2 is 2.00 bits per heavy atom. The van der Waals surface area contributed by atoms with Gasteiger partial charge in [0, 0.05) is 4.90 Å². The maximum atomic E-state index is 5.98. The van der Waals surface area contributed by atoms with E-state index in [1.807, 2.05) is 24.3 Å². The average Bonchev–Trinajstić information content (AvgIpc) is 2.85. The molecule has 0 aliphatic carbocycles. The van der Waals surface area contributed by atoms with Crippen LogP contribution in [0.5, 0.6) is 0 Å². The number of nitrogens with two attached hydrogens (primary N) is 1. The van der Waals surface area contributed by atoms with E-state index in [1.54, 1.807) is 23.9 Å². The summed E-state index contributed by atoms with van der Waals surface area (Å²) < 4.78 is 5.65. The molecule has 2 aromatic carbocycles. The van der Waals surface area contributed by atoms with Crippen molar-refractivity contribution in [2.75, 3.05) is 5.73 Å². The van der Waals surface area contributed by atoms with E-state index >= 15 is 0 Å². The van der Waals surface area contributed by atoms with Crippen molar-refractivity contribution in [3.63, 3.8) is 0 Å². The molecular formula is C14H10Cl2N2OS. The lowest BCUT2D eigenvalue weighted by Crippen LogP contribution is -1.85. The van der Waals surface area contributed by atoms with Crippen LogP contribution in [0.15, 0.2) is 45.7 Å². The lowest BCUT2D eigenvalue weighted by atomic mass is 10.3. The number of anilines is 1. The maximum Gasteiger partial charge on any atom is 0.205 e. The third kappa shape index (κ3) is 2.73. The van der Waals surface area contributed by atoms with E-state index in [4.69, 9.17) is 33.4 Å². The van der Waals surface area contributed by atoms with E-state index in [0.717, 1.165) is 4.90 Å². The molecule has 2 N–H and O–H groups in total. The van der Waals surface area contributed by atoms with Crippen molar-refractivity contribution in [1.29, 1.82) is 0 Å². The molecule has 0 saturated carbocycles. The molecule has 0 radical (unpaired) electrons. The van der Waals surface area contributed by atoms with Gasteiger partial charge in [0.1, 0.15) is 5.52 Å². The smallest absolute Gasteiger partial charge is 0.205 e. The number of hydrogen-bond donors (Lipinski definition) is 1. The first-order chi connectivity index (χ1) is 9.63. The van der Waals surface area contributed by atoms with Crippen LogP contribution >= 0.6 is 35.0 Å². The standard InChI is InChI=1S/C14H10Cl2N2OS/c15-9-5-4-8(6-10(9)16)20-7-13-18-14-11(17)2-1-3-12(14)19-13/h1-6H,7,17H2. The average molecular weight is 325 g/mol. The summed E-state index contributed by atoms with van der Waals surface area (Å²) in [6.07, 6.45) is 0. The van der Waals surface area contributed by atoms with E-state index in [1.165, 1.54) is 0 Å². The summed E-state index contributed by atoms with van der Waals surface area (Å²) in [6, 6.07) is 11.0. The number of halogens is 2. The molecule has 3 aromatic rings. The molecule has 102 valence electrons. The fourth-order valence-electron chi connectivity index (χ4n) is 1.79. The number of nitrogens with zero attached hydrogens (tertiary/aromatic N) is 1. The van der Waals surface area contributed by atoms with Crippen molar-refractivity contribution in [3.05, 3.63) is 52.3 Å². The van der Waals surface area contributed by atoms with Crippen molar-refractivity contribution >= 4 is 51.8 Å². The second-order valence-corrected chi connectivity index (χ2v) is 6.03. The Bertz CT molecular complexity index is 773. The van der Waals surface area contributed by atoms with E-state index in [-0.39, 0.29) is 0 Å². The number of fused-ring (bicyclic) bond motifs is 1. The lowest BCUT2D eigenvalue weighted by Gasteiger charge is -2.00. The van der Waals surface area contributed by atoms with Gasteiger partial charge in [-0.15, -0.1) is 11.8 Å². The minimum absolute atomic E-state index is 0.540. The van der Waals surface area contributed by atoms with E-state index in [0.29, 0.717) is 38.5 Å². The zero-order valence-corrected chi connectivity index (χ0v) is 12.6. The summed E-state index contributed by atoms with van der Waals surface area (Å²) >= 11 is 13.4. The van der Waals surface area contributed by atoms with Gasteiger partial charge in [0.25, 0.3) is 0 Å². The molecule has 0 aliphatic heterocycles. The molecule has 20 heavy (non-hydrogen) atoms. The van der Waals surface area contributed by atoms with Crippen LogP contribution in [0.25, 0.3) is 11.1 Å². The lowest BCUT2D eigenvalue weighted by molar-refractivity contribution is 0.556. The molecule has 0 bridgehead atoms. The van der Waals surface area contributed by atoms with E-state index in [9.17, 15) is 0 Å². The molecule has 0 unspecified atom stereocenters. The quantitative estimate of drug-likeness (QED) is 0.543. The van der Waals surface area contributed by atoms with E-state index < -0.39 is 0 Å². The van der Waals surface area contributed by atoms with Gasteiger partial charge in [0.05, 0.1) is 21.5 Å². The van der Waals surface area contributed by atoms with Gasteiger partial charge in [-0.25, -0.2) is 4.98 Å². The molecule has 1 aromatic heterocycles. The van der Waals surface area contributed by atoms with Crippen molar-refractivity contribution in [3.8, 4) is 0 Å². The zero-order chi connectivity index (χ0) is 14.1. The van der Waals surface area contributed by atoms with E-state index in [2.05, 4.69) is 4.98 Å². The van der Waals surface area contributed by atoms with Crippen LogP contribution in [-0.4, -0.2) is 4.98 Å². The number of benzene rings is 2. The number of thioether (sulfide) groups is 1. The highest BCUT2D eigenvalue weighted by molar-refractivity contribution is 7.98. The van der Waals surface area contributed by atoms with Crippen LogP contribution in [-0.2, 0) is 5.75 Å². The molecular weight excluding hydrogens is 315 g/mol. The summed E-state index contributed by atoms with van der Waals surface area (Å²) in [4.78, 5) is 5.40. The SMILES string of the molecule is Nc1cccc2oc(CSc3ccc(Cl)c(Cl)c3)nc12. The normalized spacial score (nSPS) is 11.1. The summed E-state index contributed by atoms with van der Waals surface area (Å²) in [6.45, 7) is 0. The highest BCUT2D eigenvalue weighted by atomic mass is 35.5. The number of oxazole rings is 1. The van der Waals surface area contributed by atoms with Gasteiger partial charge in [-0.05, 0) is 30.3 Å². The largest absolute Gasteiger partial charge is 0.440 e. The first kappa shape index (κ1) is 13.6. The molecule has 0 spiro atoms. The summed E-state index contributed by atoms with van der Waals surface area (Å²) in [7, 11) is 0. The number of nitrogen functional groups attached to an aromatic ring is 1. The van der Waals surface area contributed by atoms with Crippen molar-refractivity contribution in [1.82, 2.24) is 4.98 Å². The van der Waals surface area contributed by atoms with Crippen LogP contribution in [0.3, 0.4) is 0 Å². The molecule has 0 atom stereocenters. The van der Waals surface area contributed by atoms with Crippen LogP contribution in [0.4, 0.5) is 5.69 Å². The fourth-order valence-corrected chi connectivity index (χ4v) is 2.93. The van der Waals surface area contributed by atoms with Crippen LogP contribution < -0.4 is 5.73 Å². The summed E-state index contributed by atoms with van der Waals surface area (Å²) in [5, 5.41) is 1.09. The Morgan fingerprint density at radius 1 is 1.15 bits per heavy atom. The first-order valence-electron chi connectivity index (χ1n) is 5.85. The van der Waals surface area contributed by atoms with Gasteiger partial charge in [-0.1, -0.05) is 29.3 Å². The molecule has 6 heteroatoms. The minimum Gasteiger partial charge on any atom is -0.440 e. The van der Waals surface area contributed by atoms with Gasteiger partial charge in [-0.3, -0.25) is 0 Å². The molecule has 0 aliphatic rings. The third-order valence-corrected chi connectivity index (χ3v) is 4.47. The van der Waals surface area contributed by atoms with Gasteiger partial charge in [-0.2, -0.15) is 0 Å². The number of rotatable bonds is 3. The third-order valence-electron chi connectivity index (χ3n) is 2.75. The van der Waals surface area contributed by atoms with Crippen LogP contribution in [0.1, 0.15) is 5.89 Å². The van der Waals surface area contributed by atoms with Gasteiger partial charge in [0.15, 0.2) is 5.58 Å². The Balaban J connectivity index is 1.79. The predicted octanol–water partition coefficient (Wildman–Crippen LogP) is 5.01. The monoisotopic (exact) mass is 324 g/mol. The molecule has 3 rings (SSSR count). The van der Waals surface area contributed by atoms with Crippen molar-refractivity contribution in [2.24, 2.45) is 0 Å². The second-order valence-electron chi connectivity index (χ2n) is 4.17. The Kier molecular flexibility index (Phi) is 3.78. The van der Waals surface area contributed by atoms with Gasteiger partial charge < -0.3 is 10.2 Å². The fraction of sp³-hybridized carbons (Fsp3) is 0.0714. The van der Waals surface area contributed by atoms with Gasteiger partial charge in [0.2, 0.25) is 5.89 Å². The Morgan fingerprint density at radius 3 is 2.75 bits per heavy atom. The predicted molar refractivity (Wildman–Crippen MR) is 84.4 cm³/mol. The summed E-state index contributed by atoms with van der Waals surface area (Å²) in [5.41, 5.74) is 7.88. The molecule has 0 fully saturated rings. The van der Waals surface area contributed by atoms with Crippen LogP contribution in [0.2, 0.25) is 10.0 Å². The first-order valence-corrected chi connectivity index (χ1v) is 7.59. The molecule has 0 amide bonds. The summed E-state index contributed by atoms with van der Waals surface area (Å²) in [5.74, 6) is 1.24. The Labute approximate surface area is 130 Å². The highest BCUT2D eigenvalue weighted by Gasteiger charge is 2.09.